The Bertz CT molecular complexity index is 400. The van der Waals surface area contributed by atoms with E-state index in [1.54, 1.807) is 0 Å². The number of benzene rings is 1. The third kappa shape index (κ3) is 2.14. The first-order valence-electron chi connectivity index (χ1n) is 5.18. The highest BCUT2D eigenvalue weighted by Crippen LogP contribution is 2.36. The summed E-state index contributed by atoms with van der Waals surface area (Å²) in [6.45, 7) is 4.55. The second-order valence-electron chi connectivity index (χ2n) is 4.69. The predicted octanol–water partition coefficient (Wildman–Crippen LogP) is 3.15. The first kappa shape index (κ1) is 11.3. The van der Waals surface area contributed by atoms with E-state index in [0.717, 1.165) is 5.56 Å². The van der Waals surface area contributed by atoms with Gasteiger partial charge >= 0.3 is 6.09 Å². The molecule has 2 rings (SSSR count). The van der Waals surface area contributed by atoms with Crippen LogP contribution in [0.2, 0.25) is 5.02 Å². The summed E-state index contributed by atoms with van der Waals surface area (Å²) >= 11 is 5.84. The molecule has 86 valence electrons. The van der Waals surface area contributed by atoms with E-state index in [9.17, 15) is 4.79 Å². The van der Waals surface area contributed by atoms with Crippen molar-refractivity contribution in [2.75, 3.05) is 6.61 Å². The van der Waals surface area contributed by atoms with Crippen LogP contribution in [0.3, 0.4) is 0 Å². The van der Waals surface area contributed by atoms with Gasteiger partial charge in [0.05, 0.1) is 6.04 Å². The Morgan fingerprint density at radius 2 is 2.00 bits per heavy atom. The van der Waals surface area contributed by atoms with Crippen LogP contribution in [0.5, 0.6) is 0 Å². The van der Waals surface area contributed by atoms with Gasteiger partial charge in [0, 0.05) is 10.4 Å². The summed E-state index contributed by atoms with van der Waals surface area (Å²) in [4.78, 5) is 11.2. The average Bonchev–Trinajstić information content (AvgIpc) is 2.23. The number of halogens is 1. The third-order valence-corrected chi connectivity index (χ3v) is 3.07. The first-order chi connectivity index (χ1) is 7.49. The van der Waals surface area contributed by atoms with E-state index >= 15 is 0 Å². The standard InChI is InChI=1S/C12H14ClNO2/c1-12(2)7-16-11(15)14-10(12)8-3-5-9(13)6-4-8/h3-6,10H,7H2,1-2H3,(H,14,15)/t10-/m0/s1. The highest BCUT2D eigenvalue weighted by atomic mass is 35.5. The Kier molecular flexibility index (Phi) is 2.80. The molecule has 1 saturated heterocycles. The van der Waals surface area contributed by atoms with Crippen molar-refractivity contribution in [1.29, 1.82) is 0 Å². The second-order valence-corrected chi connectivity index (χ2v) is 5.13. The number of hydrogen-bond donors (Lipinski definition) is 1. The normalized spacial score (nSPS) is 23.4. The summed E-state index contributed by atoms with van der Waals surface area (Å²) in [5.74, 6) is 0. The zero-order valence-corrected chi connectivity index (χ0v) is 10.0. The molecule has 1 fully saturated rings. The van der Waals surface area contributed by atoms with Gasteiger partial charge in [-0.1, -0.05) is 37.6 Å². The van der Waals surface area contributed by atoms with E-state index in [1.807, 2.05) is 24.3 Å². The van der Waals surface area contributed by atoms with Crippen molar-refractivity contribution in [1.82, 2.24) is 5.32 Å². The van der Waals surface area contributed by atoms with Gasteiger partial charge in [-0.15, -0.1) is 0 Å². The molecular weight excluding hydrogens is 226 g/mol. The number of amides is 1. The van der Waals surface area contributed by atoms with Crippen LogP contribution in [0.25, 0.3) is 0 Å². The fourth-order valence-electron chi connectivity index (χ4n) is 1.88. The van der Waals surface area contributed by atoms with Crippen LogP contribution in [0.15, 0.2) is 24.3 Å². The number of rotatable bonds is 1. The van der Waals surface area contributed by atoms with Crippen molar-refractivity contribution in [2.45, 2.75) is 19.9 Å². The molecule has 0 saturated carbocycles. The molecule has 0 aliphatic carbocycles. The second kappa shape index (κ2) is 3.98. The molecule has 1 aromatic rings. The Morgan fingerprint density at radius 3 is 2.62 bits per heavy atom. The van der Waals surface area contributed by atoms with E-state index in [-0.39, 0.29) is 17.6 Å². The first-order valence-corrected chi connectivity index (χ1v) is 5.55. The third-order valence-electron chi connectivity index (χ3n) is 2.82. The molecule has 4 heteroatoms. The van der Waals surface area contributed by atoms with Crippen LogP contribution >= 0.6 is 11.6 Å². The minimum atomic E-state index is -0.362. The van der Waals surface area contributed by atoms with Crippen molar-refractivity contribution in [2.24, 2.45) is 5.41 Å². The number of nitrogens with one attached hydrogen (secondary N) is 1. The molecule has 1 heterocycles. The van der Waals surface area contributed by atoms with Crippen LogP contribution < -0.4 is 5.32 Å². The molecule has 1 aromatic carbocycles. The molecule has 1 aliphatic rings. The topological polar surface area (TPSA) is 38.3 Å². The molecule has 3 nitrogen and oxygen atoms in total. The van der Waals surface area contributed by atoms with Gasteiger partial charge in [0.15, 0.2) is 0 Å². The van der Waals surface area contributed by atoms with Crippen LogP contribution in [-0.2, 0) is 4.74 Å². The lowest BCUT2D eigenvalue weighted by Crippen LogP contribution is -2.46. The van der Waals surface area contributed by atoms with Gasteiger partial charge in [-0.2, -0.15) is 0 Å². The largest absolute Gasteiger partial charge is 0.449 e. The molecule has 1 atom stereocenters. The van der Waals surface area contributed by atoms with Gasteiger partial charge in [-0.25, -0.2) is 4.79 Å². The predicted molar refractivity (Wildman–Crippen MR) is 62.5 cm³/mol. The quantitative estimate of drug-likeness (QED) is 0.818. The molecule has 0 bridgehead atoms. The zero-order chi connectivity index (χ0) is 11.8. The molecule has 1 N–H and O–H groups in total. The lowest BCUT2D eigenvalue weighted by atomic mass is 9.80. The molecule has 0 unspecified atom stereocenters. The lowest BCUT2D eigenvalue weighted by molar-refractivity contribution is 0.0387. The van der Waals surface area contributed by atoms with Gasteiger partial charge in [-0.05, 0) is 17.7 Å². The van der Waals surface area contributed by atoms with E-state index in [2.05, 4.69) is 19.2 Å². The number of carbonyl (C=O) groups is 1. The number of hydrogen-bond acceptors (Lipinski definition) is 2. The average molecular weight is 240 g/mol. The summed E-state index contributed by atoms with van der Waals surface area (Å²) in [5.41, 5.74) is 0.924. The fraction of sp³-hybridized carbons (Fsp3) is 0.417. The Hall–Kier alpha value is -1.22. The SMILES string of the molecule is CC1(C)COC(=O)N[C@H]1c1ccc(Cl)cc1. The smallest absolute Gasteiger partial charge is 0.407 e. The number of ether oxygens (including phenoxy) is 1. The number of cyclic esters (lactones) is 1. The highest BCUT2D eigenvalue weighted by molar-refractivity contribution is 6.30. The Labute approximate surface area is 99.7 Å². The van der Waals surface area contributed by atoms with E-state index in [0.29, 0.717) is 11.6 Å². The zero-order valence-electron chi connectivity index (χ0n) is 9.29. The van der Waals surface area contributed by atoms with Gasteiger partial charge in [-0.3, -0.25) is 0 Å². The van der Waals surface area contributed by atoms with Crippen LogP contribution in [0, 0.1) is 5.41 Å². The molecule has 1 aliphatic heterocycles. The Balaban J connectivity index is 2.30. The molecule has 0 spiro atoms. The van der Waals surface area contributed by atoms with Crippen molar-refractivity contribution in [3.8, 4) is 0 Å². The molecule has 0 aromatic heterocycles. The van der Waals surface area contributed by atoms with E-state index < -0.39 is 0 Å². The molecular formula is C12H14ClNO2. The number of carbonyl (C=O) groups excluding carboxylic acids is 1. The lowest BCUT2D eigenvalue weighted by Gasteiger charge is -2.38. The number of alkyl carbamates (subject to hydrolysis) is 1. The van der Waals surface area contributed by atoms with Gasteiger partial charge in [0.2, 0.25) is 0 Å². The summed E-state index contributed by atoms with van der Waals surface area (Å²) in [5, 5.41) is 3.53. The summed E-state index contributed by atoms with van der Waals surface area (Å²) in [6, 6.07) is 7.48. The van der Waals surface area contributed by atoms with Crippen molar-refractivity contribution < 1.29 is 9.53 Å². The van der Waals surface area contributed by atoms with Gasteiger partial charge in [0.25, 0.3) is 0 Å². The summed E-state index contributed by atoms with van der Waals surface area (Å²) in [6.07, 6.45) is -0.362. The summed E-state index contributed by atoms with van der Waals surface area (Å²) < 4.78 is 4.99. The molecule has 16 heavy (non-hydrogen) atoms. The maximum atomic E-state index is 11.2. The minimum absolute atomic E-state index is 0.0361. The highest BCUT2D eigenvalue weighted by Gasteiger charge is 2.37. The van der Waals surface area contributed by atoms with Crippen LogP contribution in [-0.4, -0.2) is 12.7 Å². The maximum Gasteiger partial charge on any atom is 0.407 e. The summed E-state index contributed by atoms with van der Waals surface area (Å²) in [7, 11) is 0. The van der Waals surface area contributed by atoms with Gasteiger partial charge < -0.3 is 10.1 Å². The Morgan fingerprint density at radius 1 is 1.38 bits per heavy atom. The van der Waals surface area contributed by atoms with E-state index in [4.69, 9.17) is 16.3 Å². The maximum absolute atomic E-state index is 11.2. The van der Waals surface area contributed by atoms with Crippen LogP contribution in [0.4, 0.5) is 4.79 Å². The van der Waals surface area contributed by atoms with Gasteiger partial charge in [0.1, 0.15) is 6.61 Å². The monoisotopic (exact) mass is 239 g/mol. The minimum Gasteiger partial charge on any atom is -0.449 e. The van der Waals surface area contributed by atoms with Crippen molar-refractivity contribution in [3.63, 3.8) is 0 Å². The fourth-order valence-corrected chi connectivity index (χ4v) is 2.01. The van der Waals surface area contributed by atoms with Crippen LogP contribution in [0.1, 0.15) is 25.5 Å². The van der Waals surface area contributed by atoms with E-state index in [1.165, 1.54) is 0 Å². The van der Waals surface area contributed by atoms with Crippen molar-refractivity contribution >= 4 is 17.7 Å². The van der Waals surface area contributed by atoms with Crippen molar-refractivity contribution in [3.05, 3.63) is 34.9 Å². The molecule has 1 amide bonds. The molecule has 0 radical (unpaired) electrons.